The van der Waals surface area contributed by atoms with Gasteiger partial charge in [0.05, 0.1) is 12.7 Å². The molecule has 1 aliphatic rings. The summed E-state index contributed by atoms with van der Waals surface area (Å²) in [5.74, 6) is -2.71. The molecule has 0 radical (unpaired) electrons. The maximum absolute atomic E-state index is 14.2. The van der Waals surface area contributed by atoms with Gasteiger partial charge in [-0.1, -0.05) is 48.5 Å². The van der Waals surface area contributed by atoms with Gasteiger partial charge in [-0.15, -0.1) is 6.58 Å². The highest BCUT2D eigenvalue weighted by Gasteiger charge is 2.67. The minimum atomic E-state index is -5.20. The molecule has 1 aliphatic heterocycles. The number of alkyl halides is 3. The standard InChI is InChI=1S/C21H18F3N3O3/c1-3-13-27-17(14-9-5-4-6-10-14)25-20(19(27)29,21(22,23)24)26-18(28)15-11-7-8-12-16(15)30-2/h3-12H,1,13H2,2H3,(H,26,28). The number of methoxy groups -OCH3 is 1. The van der Waals surface area contributed by atoms with Gasteiger partial charge in [-0.25, -0.2) is 4.99 Å². The minimum Gasteiger partial charge on any atom is -0.496 e. The van der Waals surface area contributed by atoms with Crippen molar-refractivity contribution in [3.05, 3.63) is 78.4 Å². The second-order valence-electron chi connectivity index (χ2n) is 6.37. The average Bonchev–Trinajstić information content (AvgIpc) is 3.02. The smallest absolute Gasteiger partial charge is 0.442 e. The number of nitrogens with one attached hydrogen (secondary N) is 1. The van der Waals surface area contributed by atoms with Gasteiger partial charge in [0.2, 0.25) is 0 Å². The predicted octanol–water partition coefficient (Wildman–Crippen LogP) is 3.16. The summed E-state index contributed by atoms with van der Waals surface area (Å²) in [6, 6.07) is 13.7. The van der Waals surface area contributed by atoms with E-state index in [1.54, 1.807) is 29.6 Å². The number of amidine groups is 1. The maximum Gasteiger partial charge on any atom is 0.442 e. The minimum absolute atomic E-state index is 0.0629. The zero-order valence-corrected chi connectivity index (χ0v) is 15.9. The molecular weight excluding hydrogens is 399 g/mol. The normalized spacial score (nSPS) is 18.7. The van der Waals surface area contributed by atoms with Crippen molar-refractivity contribution in [2.45, 2.75) is 11.8 Å². The van der Waals surface area contributed by atoms with E-state index in [0.29, 0.717) is 5.56 Å². The van der Waals surface area contributed by atoms with E-state index in [4.69, 9.17) is 4.74 Å². The molecule has 2 aromatic rings. The molecule has 3 rings (SSSR count). The molecule has 2 aromatic carbocycles. The number of rotatable bonds is 6. The third kappa shape index (κ3) is 3.54. The number of para-hydroxylation sites is 1. The molecule has 0 saturated carbocycles. The summed E-state index contributed by atoms with van der Waals surface area (Å²) in [5.41, 5.74) is -3.33. The highest BCUT2D eigenvalue weighted by molar-refractivity contribution is 6.17. The Balaban J connectivity index is 2.12. The van der Waals surface area contributed by atoms with Crippen molar-refractivity contribution in [1.29, 1.82) is 0 Å². The van der Waals surface area contributed by atoms with Crippen molar-refractivity contribution in [2.75, 3.05) is 13.7 Å². The Kier molecular flexibility index (Phi) is 5.64. The molecule has 1 unspecified atom stereocenters. The van der Waals surface area contributed by atoms with Crippen LogP contribution in [-0.2, 0) is 4.79 Å². The summed E-state index contributed by atoms with van der Waals surface area (Å²) in [7, 11) is 1.28. The number of hydrogen-bond acceptors (Lipinski definition) is 4. The van der Waals surface area contributed by atoms with Crippen molar-refractivity contribution < 1.29 is 27.5 Å². The summed E-state index contributed by atoms with van der Waals surface area (Å²) >= 11 is 0. The summed E-state index contributed by atoms with van der Waals surface area (Å²) in [5, 5.41) is 1.80. The molecule has 9 heteroatoms. The number of carbonyl (C=O) groups is 2. The van der Waals surface area contributed by atoms with E-state index in [0.717, 1.165) is 4.90 Å². The Morgan fingerprint density at radius 3 is 2.43 bits per heavy atom. The van der Waals surface area contributed by atoms with Gasteiger partial charge in [-0.3, -0.25) is 14.5 Å². The van der Waals surface area contributed by atoms with Crippen molar-refractivity contribution >= 4 is 17.6 Å². The predicted molar refractivity (Wildman–Crippen MR) is 104 cm³/mol. The maximum atomic E-state index is 14.2. The lowest BCUT2D eigenvalue weighted by Gasteiger charge is -2.29. The zero-order valence-electron chi connectivity index (χ0n) is 15.9. The Bertz CT molecular complexity index is 1010. The quantitative estimate of drug-likeness (QED) is 0.734. The molecule has 1 atom stereocenters. The first kappa shape index (κ1) is 21.1. The van der Waals surface area contributed by atoms with Gasteiger partial charge in [0.1, 0.15) is 11.6 Å². The van der Waals surface area contributed by atoms with Crippen molar-refractivity contribution in [3.8, 4) is 5.75 Å². The molecule has 156 valence electrons. The van der Waals surface area contributed by atoms with Crippen LogP contribution in [-0.4, -0.2) is 48.0 Å². The first-order chi connectivity index (χ1) is 14.2. The average molecular weight is 417 g/mol. The SMILES string of the molecule is C=CCN1C(=O)C(NC(=O)c2ccccc2OC)(C(F)(F)F)N=C1c1ccccc1. The van der Waals surface area contributed by atoms with Gasteiger partial charge >= 0.3 is 11.8 Å². The molecule has 6 nitrogen and oxygen atoms in total. The van der Waals surface area contributed by atoms with Crippen molar-refractivity contribution in [2.24, 2.45) is 4.99 Å². The van der Waals surface area contributed by atoms with Crippen LogP contribution < -0.4 is 10.1 Å². The topological polar surface area (TPSA) is 71.0 Å². The fraction of sp³-hybridized carbons (Fsp3) is 0.190. The summed E-state index contributed by atoms with van der Waals surface area (Å²) in [4.78, 5) is 30.3. The molecule has 2 amide bonds. The summed E-state index contributed by atoms with van der Waals surface area (Å²) in [6.07, 6.45) is -3.91. The summed E-state index contributed by atoms with van der Waals surface area (Å²) in [6.45, 7) is 3.28. The number of amides is 2. The van der Waals surface area contributed by atoms with Crippen LogP contribution in [0.4, 0.5) is 13.2 Å². The van der Waals surface area contributed by atoms with Crippen LogP contribution in [0.3, 0.4) is 0 Å². The van der Waals surface area contributed by atoms with Crippen LogP contribution in [0.15, 0.2) is 72.2 Å². The molecular formula is C21H18F3N3O3. The van der Waals surface area contributed by atoms with E-state index in [1.807, 2.05) is 0 Å². The highest BCUT2D eigenvalue weighted by atomic mass is 19.4. The molecule has 1 heterocycles. The molecule has 0 fully saturated rings. The van der Waals surface area contributed by atoms with E-state index < -0.39 is 23.7 Å². The third-order valence-electron chi connectivity index (χ3n) is 4.48. The van der Waals surface area contributed by atoms with E-state index in [1.165, 1.54) is 43.5 Å². The number of hydrogen-bond donors (Lipinski definition) is 1. The van der Waals surface area contributed by atoms with Crippen LogP contribution in [0, 0.1) is 0 Å². The van der Waals surface area contributed by atoms with E-state index in [-0.39, 0.29) is 23.7 Å². The molecule has 0 bridgehead atoms. The number of aliphatic imine (C=N–C) groups is 1. The largest absolute Gasteiger partial charge is 0.496 e. The first-order valence-electron chi connectivity index (χ1n) is 8.85. The molecule has 0 aliphatic carbocycles. The lowest BCUT2D eigenvalue weighted by molar-refractivity contribution is -0.196. The number of carbonyl (C=O) groups excluding carboxylic acids is 2. The Morgan fingerprint density at radius 2 is 1.83 bits per heavy atom. The number of benzene rings is 2. The fourth-order valence-electron chi connectivity index (χ4n) is 3.07. The van der Waals surface area contributed by atoms with Gasteiger partial charge in [0.15, 0.2) is 0 Å². The van der Waals surface area contributed by atoms with Crippen LogP contribution in [0.25, 0.3) is 0 Å². The Labute approximate surface area is 170 Å². The number of halogens is 3. The van der Waals surface area contributed by atoms with Gasteiger partial charge in [-0.05, 0) is 12.1 Å². The molecule has 30 heavy (non-hydrogen) atoms. The summed E-state index contributed by atoms with van der Waals surface area (Å²) < 4.78 is 47.6. The lowest BCUT2D eigenvalue weighted by atomic mass is 10.1. The van der Waals surface area contributed by atoms with Gasteiger partial charge in [0, 0.05) is 12.1 Å². The molecule has 1 N–H and O–H groups in total. The van der Waals surface area contributed by atoms with E-state index in [9.17, 15) is 22.8 Å². The van der Waals surface area contributed by atoms with Gasteiger partial charge < -0.3 is 10.1 Å². The number of ether oxygens (including phenoxy) is 1. The van der Waals surface area contributed by atoms with Crippen LogP contribution >= 0.6 is 0 Å². The molecule has 0 aromatic heterocycles. The lowest BCUT2D eigenvalue weighted by Crippen LogP contribution is -2.63. The van der Waals surface area contributed by atoms with Gasteiger partial charge in [0.25, 0.3) is 11.8 Å². The zero-order chi connectivity index (χ0) is 21.9. The monoisotopic (exact) mass is 417 g/mol. The highest BCUT2D eigenvalue weighted by Crippen LogP contribution is 2.39. The molecule has 0 saturated heterocycles. The Hall–Kier alpha value is -3.62. The van der Waals surface area contributed by atoms with Crippen LogP contribution in [0.1, 0.15) is 15.9 Å². The van der Waals surface area contributed by atoms with Gasteiger partial charge in [-0.2, -0.15) is 13.2 Å². The van der Waals surface area contributed by atoms with Crippen LogP contribution in [0.5, 0.6) is 5.75 Å². The van der Waals surface area contributed by atoms with Crippen molar-refractivity contribution in [1.82, 2.24) is 10.2 Å². The van der Waals surface area contributed by atoms with E-state index in [2.05, 4.69) is 11.6 Å². The van der Waals surface area contributed by atoms with E-state index >= 15 is 0 Å². The number of nitrogens with zero attached hydrogens (tertiary/aromatic N) is 2. The fourth-order valence-corrected chi connectivity index (χ4v) is 3.07. The second-order valence-corrected chi connectivity index (χ2v) is 6.37. The second kappa shape index (κ2) is 8.02. The first-order valence-corrected chi connectivity index (χ1v) is 8.85. The Morgan fingerprint density at radius 1 is 1.20 bits per heavy atom. The van der Waals surface area contributed by atoms with Crippen LogP contribution in [0.2, 0.25) is 0 Å². The van der Waals surface area contributed by atoms with Crippen molar-refractivity contribution in [3.63, 3.8) is 0 Å². The molecule has 0 spiro atoms. The third-order valence-corrected chi connectivity index (χ3v) is 4.48.